The Morgan fingerprint density at radius 2 is 2.07 bits per heavy atom. The number of ether oxygens (including phenoxy) is 1. The summed E-state index contributed by atoms with van der Waals surface area (Å²) in [6, 6.07) is 3.92. The average molecular weight is 404 g/mol. The van der Waals surface area contributed by atoms with E-state index in [0.717, 1.165) is 56.3 Å². The molecule has 2 aromatic rings. The first-order chi connectivity index (χ1) is 14.6. The summed E-state index contributed by atoms with van der Waals surface area (Å²) >= 11 is 0. The quantitative estimate of drug-likeness (QED) is 0.790. The first kappa shape index (κ1) is 17.9. The van der Waals surface area contributed by atoms with Gasteiger partial charge in [0.2, 0.25) is 0 Å². The first-order valence-electron chi connectivity index (χ1n) is 10.7. The van der Waals surface area contributed by atoms with Gasteiger partial charge in [0.05, 0.1) is 36.7 Å². The third kappa shape index (κ3) is 2.58. The Morgan fingerprint density at radius 3 is 2.77 bits per heavy atom. The van der Waals surface area contributed by atoms with Gasteiger partial charge in [-0.05, 0) is 18.9 Å². The molecular weight excluding hydrogens is 380 g/mol. The number of nitrogens with zero attached hydrogens (tertiary/aromatic N) is 5. The van der Waals surface area contributed by atoms with Crippen molar-refractivity contribution in [3.63, 3.8) is 0 Å². The lowest BCUT2D eigenvalue weighted by Gasteiger charge is -2.19. The molecule has 8 nitrogen and oxygen atoms in total. The fraction of sp³-hybridized carbons (Fsp3) is 0.545. The maximum atomic E-state index is 12.6. The highest BCUT2D eigenvalue weighted by molar-refractivity contribution is 6.01. The van der Waals surface area contributed by atoms with Crippen LogP contribution in [0.25, 0.3) is 10.5 Å². The third-order valence-electron chi connectivity index (χ3n) is 7.23. The molecule has 8 heteroatoms. The average Bonchev–Trinajstić information content (AvgIpc) is 3.10. The van der Waals surface area contributed by atoms with E-state index in [1.54, 1.807) is 4.68 Å². The number of rotatable bonds is 4. The number of nitrogens with one attached hydrogen (secondary N) is 1. The zero-order valence-corrected chi connectivity index (χ0v) is 17.0. The Bertz CT molecular complexity index is 1070. The Kier molecular flexibility index (Phi) is 3.75. The molecule has 5 heterocycles. The van der Waals surface area contributed by atoms with Gasteiger partial charge in [0, 0.05) is 50.0 Å². The van der Waals surface area contributed by atoms with Crippen molar-refractivity contribution >= 4 is 11.7 Å². The summed E-state index contributed by atoms with van der Waals surface area (Å²) in [5.41, 5.74) is 2.10. The van der Waals surface area contributed by atoms with Crippen LogP contribution in [0.2, 0.25) is 0 Å². The van der Waals surface area contributed by atoms with Gasteiger partial charge in [-0.2, -0.15) is 5.10 Å². The number of carbonyl (C=O) groups excluding carboxylic acids is 1. The summed E-state index contributed by atoms with van der Waals surface area (Å²) < 4.78 is 7.37. The summed E-state index contributed by atoms with van der Waals surface area (Å²) in [5.74, 6) is 2.29. The normalized spacial score (nSPS) is 26.8. The topological polar surface area (TPSA) is 76.6 Å². The molecule has 1 N–H and O–H groups in total. The molecule has 0 unspecified atom stereocenters. The molecule has 2 aromatic heterocycles. The molecule has 2 saturated heterocycles. The molecule has 0 bridgehead atoms. The molecule has 3 fully saturated rings. The SMILES string of the molecule is [C-]#[N+][C@](C)(c1cc(-n2ccc(N3C[C@H]4COC[C@H]4C3)n2)c2c(n1)CNC2=O)C1CC1. The fourth-order valence-electron chi connectivity index (χ4n) is 5.15. The number of hydrogen-bond donors (Lipinski definition) is 1. The van der Waals surface area contributed by atoms with E-state index < -0.39 is 5.54 Å². The molecule has 3 atom stereocenters. The predicted molar refractivity (Wildman–Crippen MR) is 109 cm³/mol. The summed E-state index contributed by atoms with van der Waals surface area (Å²) in [5, 5.41) is 7.71. The molecule has 1 aliphatic carbocycles. The second kappa shape index (κ2) is 6.29. The van der Waals surface area contributed by atoms with E-state index in [4.69, 9.17) is 21.4 Å². The minimum atomic E-state index is -0.655. The van der Waals surface area contributed by atoms with E-state index in [0.29, 0.717) is 35.6 Å². The molecule has 30 heavy (non-hydrogen) atoms. The number of pyridine rings is 1. The minimum absolute atomic E-state index is 0.125. The van der Waals surface area contributed by atoms with Gasteiger partial charge in [-0.3, -0.25) is 4.79 Å². The lowest BCUT2D eigenvalue weighted by Crippen LogP contribution is -2.24. The molecular formula is C22H24N6O2. The van der Waals surface area contributed by atoms with Crippen LogP contribution in [0.3, 0.4) is 0 Å². The van der Waals surface area contributed by atoms with Crippen molar-refractivity contribution in [2.75, 3.05) is 31.2 Å². The monoisotopic (exact) mass is 404 g/mol. The van der Waals surface area contributed by atoms with Crippen LogP contribution < -0.4 is 10.2 Å². The van der Waals surface area contributed by atoms with Gasteiger partial charge in [-0.1, -0.05) is 0 Å². The van der Waals surface area contributed by atoms with Gasteiger partial charge < -0.3 is 19.8 Å². The van der Waals surface area contributed by atoms with Crippen LogP contribution in [-0.4, -0.2) is 47.0 Å². The molecule has 0 radical (unpaired) electrons. The van der Waals surface area contributed by atoms with Crippen LogP contribution in [-0.2, 0) is 16.8 Å². The van der Waals surface area contributed by atoms with Crippen LogP contribution in [0.1, 0.15) is 41.5 Å². The summed E-state index contributed by atoms with van der Waals surface area (Å²) in [6.07, 6.45) is 4.02. The van der Waals surface area contributed by atoms with E-state index in [1.807, 2.05) is 25.3 Å². The van der Waals surface area contributed by atoms with E-state index in [2.05, 4.69) is 15.1 Å². The smallest absolute Gasteiger partial charge is 0.274 e. The Morgan fingerprint density at radius 1 is 1.30 bits per heavy atom. The van der Waals surface area contributed by atoms with Crippen LogP contribution >= 0.6 is 0 Å². The minimum Gasteiger partial charge on any atom is -0.381 e. The lowest BCUT2D eigenvalue weighted by molar-refractivity contribution is 0.0965. The van der Waals surface area contributed by atoms with Crippen molar-refractivity contribution in [1.82, 2.24) is 20.1 Å². The second-order valence-corrected chi connectivity index (χ2v) is 9.15. The van der Waals surface area contributed by atoms with E-state index in [-0.39, 0.29) is 5.91 Å². The molecule has 154 valence electrons. The molecule has 3 aliphatic heterocycles. The second-order valence-electron chi connectivity index (χ2n) is 9.15. The van der Waals surface area contributed by atoms with Gasteiger partial charge in [0.15, 0.2) is 5.82 Å². The molecule has 1 saturated carbocycles. The van der Waals surface area contributed by atoms with Gasteiger partial charge in [-0.15, -0.1) is 0 Å². The largest absolute Gasteiger partial charge is 0.381 e. The maximum absolute atomic E-state index is 12.6. The van der Waals surface area contributed by atoms with Crippen molar-refractivity contribution in [3.8, 4) is 5.69 Å². The van der Waals surface area contributed by atoms with Crippen LogP contribution in [0.15, 0.2) is 18.3 Å². The number of anilines is 1. The van der Waals surface area contributed by atoms with Crippen LogP contribution in [0.4, 0.5) is 5.82 Å². The Labute approximate surface area is 175 Å². The summed E-state index contributed by atoms with van der Waals surface area (Å²) in [7, 11) is 0. The van der Waals surface area contributed by atoms with E-state index in [1.165, 1.54) is 0 Å². The maximum Gasteiger partial charge on any atom is 0.274 e. The van der Waals surface area contributed by atoms with E-state index in [9.17, 15) is 4.79 Å². The fourth-order valence-corrected chi connectivity index (χ4v) is 5.15. The van der Waals surface area contributed by atoms with E-state index >= 15 is 0 Å². The Balaban J connectivity index is 1.40. The van der Waals surface area contributed by atoms with Gasteiger partial charge in [0.1, 0.15) is 5.69 Å². The van der Waals surface area contributed by atoms with Crippen LogP contribution in [0.5, 0.6) is 0 Å². The van der Waals surface area contributed by atoms with Gasteiger partial charge >= 0.3 is 0 Å². The standard InChI is InChI=1S/C22H24N6O2/c1-22(23-2,15-3-4-15)18-7-17(20-16(25-18)8-24-21(20)29)28-6-5-19(26-28)27-9-13-11-30-12-14(13)10-27/h5-7,13-15H,3-4,8-12H2,1H3,(H,24,29)/t13-,14+,22-/m0/s1. The highest BCUT2D eigenvalue weighted by Crippen LogP contribution is 2.48. The number of amides is 1. The zero-order valence-electron chi connectivity index (χ0n) is 17.0. The third-order valence-corrected chi connectivity index (χ3v) is 7.23. The van der Waals surface area contributed by atoms with Crippen molar-refractivity contribution in [3.05, 3.63) is 46.7 Å². The molecule has 1 amide bonds. The predicted octanol–water partition coefficient (Wildman–Crippen LogP) is 2.14. The van der Waals surface area contributed by atoms with Gasteiger partial charge in [-0.25, -0.2) is 16.2 Å². The van der Waals surface area contributed by atoms with Crippen molar-refractivity contribution in [1.29, 1.82) is 0 Å². The first-order valence-corrected chi connectivity index (χ1v) is 10.7. The van der Waals surface area contributed by atoms with Gasteiger partial charge in [0.25, 0.3) is 11.4 Å². The van der Waals surface area contributed by atoms with Crippen LogP contribution in [0, 0.1) is 24.3 Å². The number of fused-ring (bicyclic) bond motifs is 2. The number of hydrogen-bond acceptors (Lipinski definition) is 5. The summed E-state index contributed by atoms with van der Waals surface area (Å²) in [6.45, 7) is 13.8. The summed E-state index contributed by atoms with van der Waals surface area (Å²) in [4.78, 5) is 23.6. The Hall–Kier alpha value is -2.92. The lowest BCUT2D eigenvalue weighted by atomic mass is 9.91. The highest BCUT2D eigenvalue weighted by atomic mass is 16.5. The molecule has 0 spiro atoms. The molecule has 6 rings (SSSR count). The molecule has 4 aliphatic rings. The van der Waals surface area contributed by atoms with Crippen molar-refractivity contribution < 1.29 is 9.53 Å². The number of carbonyl (C=O) groups is 1. The van der Waals surface area contributed by atoms with Crippen molar-refractivity contribution in [2.45, 2.75) is 31.8 Å². The van der Waals surface area contributed by atoms with Crippen molar-refractivity contribution in [2.24, 2.45) is 17.8 Å². The zero-order chi connectivity index (χ0) is 20.5. The number of aromatic nitrogens is 3. The highest BCUT2D eigenvalue weighted by Gasteiger charge is 2.51. The molecule has 0 aromatic carbocycles.